The van der Waals surface area contributed by atoms with E-state index < -0.39 is 0 Å². The standard InChI is InChI=1S/C22H22N2O4S2/c1-27-18-9-5-6-16(14-18)15-19-21(26)24(22(29)30-19)12-11-23-20(25)10-13-28-17-7-3-2-4-8-17/h2-9,14-15H,10-13H2,1H3,(H,23,25)/b19-15+. The molecule has 0 bridgehead atoms. The molecule has 30 heavy (non-hydrogen) atoms. The van der Waals surface area contributed by atoms with Crippen LogP contribution in [0.15, 0.2) is 59.5 Å². The van der Waals surface area contributed by atoms with Crippen LogP contribution in [0.3, 0.4) is 0 Å². The number of methoxy groups -OCH3 is 1. The zero-order valence-electron chi connectivity index (χ0n) is 16.5. The Kier molecular flexibility index (Phi) is 7.87. The van der Waals surface area contributed by atoms with E-state index in [1.54, 1.807) is 13.2 Å². The Morgan fingerprint density at radius 1 is 1.17 bits per heavy atom. The predicted octanol–water partition coefficient (Wildman–Crippen LogP) is 3.48. The summed E-state index contributed by atoms with van der Waals surface area (Å²) < 4.78 is 11.2. The van der Waals surface area contributed by atoms with E-state index in [0.717, 1.165) is 17.1 Å². The number of para-hydroxylation sites is 1. The van der Waals surface area contributed by atoms with Crippen LogP contribution in [0.25, 0.3) is 6.08 Å². The normalized spacial score (nSPS) is 14.8. The molecule has 1 fully saturated rings. The van der Waals surface area contributed by atoms with Crippen LogP contribution in [0, 0.1) is 0 Å². The maximum atomic E-state index is 12.7. The molecule has 0 spiro atoms. The van der Waals surface area contributed by atoms with Crippen molar-refractivity contribution in [3.63, 3.8) is 0 Å². The highest BCUT2D eigenvalue weighted by Crippen LogP contribution is 2.32. The molecule has 1 aliphatic rings. The monoisotopic (exact) mass is 442 g/mol. The molecular weight excluding hydrogens is 420 g/mol. The average Bonchev–Trinajstić information content (AvgIpc) is 3.02. The molecule has 1 aliphatic heterocycles. The largest absolute Gasteiger partial charge is 0.497 e. The van der Waals surface area contributed by atoms with Crippen LogP contribution >= 0.6 is 24.0 Å². The molecule has 0 saturated carbocycles. The summed E-state index contributed by atoms with van der Waals surface area (Å²) in [5.41, 5.74) is 0.863. The fraction of sp³-hybridized carbons (Fsp3) is 0.227. The Morgan fingerprint density at radius 3 is 2.70 bits per heavy atom. The van der Waals surface area contributed by atoms with E-state index in [2.05, 4.69) is 5.32 Å². The molecule has 0 unspecified atom stereocenters. The lowest BCUT2D eigenvalue weighted by Crippen LogP contribution is -2.37. The first-order chi connectivity index (χ1) is 14.6. The SMILES string of the molecule is COc1cccc(/C=C2/SC(=S)N(CCNC(=O)CCOc3ccccc3)C2=O)c1. The first-order valence-corrected chi connectivity index (χ1v) is 10.6. The number of benzene rings is 2. The van der Waals surface area contributed by atoms with Gasteiger partial charge in [0.15, 0.2) is 0 Å². The van der Waals surface area contributed by atoms with Crippen LogP contribution in [0.4, 0.5) is 0 Å². The smallest absolute Gasteiger partial charge is 0.266 e. The van der Waals surface area contributed by atoms with E-state index in [1.165, 1.54) is 16.7 Å². The molecule has 3 rings (SSSR count). The van der Waals surface area contributed by atoms with Crippen molar-refractivity contribution < 1.29 is 19.1 Å². The van der Waals surface area contributed by atoms with Gasteiger partial charge in [-0.25, -0.2) is 0 Å². The lowest BCUT2D eigenvalue weighted by molar-refractivity contribution is -0.124. The molecule has 1 N–H and O–H groups in total. The summed E-state index contributed by atoms with van der Waals surface area (Å²) in [6, 6.07) is 16.8. The number of carbonyl (C=O) groups is 2. The number of amides is 2. The summed E-state index contributed by atoms with van der Waals surface area (Å²) in [5, 5.41) is 2.80. The van der Waals surface area contributed by atoms with E-state index in [1.807, 2.05) is 54.6 Å². The van der Waals surface area contributed by atoms with Gasteiger partial charge in [0.25, 0.3) is 5.91 Å². The fourth-order valence-electron chi connectivity index (χ4n) is 2.75. The van der Waals surface area contributed by atoms with Gasteiger partial charge in [0.05, 0.1) is 25.0 Å². The molecule has 0 aliphatic carbocycles. The van der Waals surface area contributed by atoms with Crippen LogP contribution in [-0.4, -0.2) is 47.8 Å². The van der Waals surface area contributed by atoms with Crippen LogP contribution in [-0.2, 0) is 9.59 Å². The van der Waals surface area contributed by atoms with E-state index in [4.69, 9.17) is 21.7 Å². The van der Waals surface area contributed by atoms with Crippen molar-refractivity contribution >= 4 is 46.2 Å². The third-order valence-corrected chi connectivity index (χ3v) is 5.64. The van der Waals surface area contributed by atoms with E-state index in [0.29, 0.717) is 28.9 Å². The first kappa shape index (κ1) is 21.9. The number of thiocarbonyl (C=S) groups is 1. The Labute approximate surface area is 185 Å². The number of hydrogen-bond donors (Lipinski definition) is 1. The zero-order valence-corrected chi connectivity index (χ0v) is 18.1. The van der Waals surface area contributed by atoms with Crippen LogP contribution in [0.1, 0.15) is 12.0 Å². The molecule has 2 aromatic rings. The van der Waals surface area contributed by atoms with Crippen LogP contribution in [0.2, 0.25) is 0 Å². The molecule has 2 amide bonds. The Balaban J connectivity index is 1.45. The van der Waals surface area contributed by atoms with Gasteiger partial charge in [-0.2, -0.15) is 0 Å². The van der Waals surface area contributed by atoms with Gasteiger partial charge in [0.2, 0.25) is 5.91 Å². The summed E-state index contributed by atoms with van der Waals surface area (Å²) >= 11 is 6.59. The van der Waals surface area contributed by atoms with Crippen molar-refractivity contribution in [3.8, 4) is 11.5 Å². The topological polar surface area (TPSA) is 67.9 Å². The molecule has 8 heteroatoms. The van der Waals surface area contributed by atoms with E-state index >= 15 is 0 Å². The molecule has 0 atom stereocenters. The molecule has 1 heterocycles. The number of rotatable bonds is 9. The summed E-state index contributed by atoms with van der Waals surface area (Å²) in [6.07, 6.45) is 2.03. The van der Waals surface area contributed by atoms with Crippen molar-refractivity contribution in [2.24, 2.45) is 0 Å². The average molecular weight is 443 g/mol. The Morgan fingerprint density at radius 2 is 1.93 bits per heavy atom. The predicted molar refractivity (Wildman–Crippen MR) is 122 cm³/mol. The maximum absolute atomic E-state index is 12.7. The minimum atomic E-state index is -0.158. The van der Waals surface area contributed by atoms with Gasteiger partial charge in [-0.15, -0.1) is 0 Å². The minimum absolute atomic E-state index is 0.136. The molecule has 2 aromatic carbocycles. The number of ether oxygens (including phenoxy) is 2. The molecule has 6 nitrogen and oxygen atoms in total. The summed E-state index contributed by atoms with van der Waals surface area (Å²) in [6.45, 7) is 0.939. The van der Waals surface area contributed by atoms with Crippen molar-refractivity contribution in [3.05, 3.63) is 65.1 Å². The molecule has 1 saturated heterocycles. The quantitative estimate of drug-likeness (QED) is 0.474. The second-order valence-electron chi connectivity index (χ2n) is 6.37. The molecule has 156 valence electrons. The van der Waals surface area contributed by atoms with Gasteiger partial charge in [0, 0.05) is 13.1 Å². The van der Waals surface area contributed by atoms with Gasteiger partial charge in [-0.3, -0.25) is 14.5 Å². The first-order valence-electron chi connectivity index (χ1n) is 9.41. The van der Waals surface area contributed by atoms with Gasteiger partial charge in [0.1, 0.15) is 15.8 Å². The van der Waals surface area contributed by atoms with Crippen molar-refractivity contribution in [1.82, 2.24) is 10.2 Å². The number of hydrogen-bond acceptors (Lipinski definition) is 6. The van der Waals surface area contributed by atoms with Crippen molar-refractivity contribution in [2.75, 3.05) is 26.8 Å². The van der Waals surface area contributed by atoms with Crippen molar-refractivity contribution in [2.45, 2.75) is 6.42 Å². The zero-order chi connectivity index (χ0) is 21.3. The van der Waals surface area contributed by atoms with E-state index in [-0.39, 0.29) is 18.2 Å². The summed E-state index contributed by atoms with van der Waals surface area (Å²) in [7, 11) is 1.60. The highest BCUT2D eigenvalue weighted by Gasteiger charge is 2.31. The van der Waals surface area contributed by atoms with E-state index in [9.17, 15) is 9.59 Å². The third kappa shape index (κ3) is 6.08. The van der Waals surface area contributed by atoms with Gasteiger partial charge >= 0.3 is 0 Å². The Hall–Kier alpha value is -2.84. The Bertz CT molecular complexity index is 947. The minimum Gasteiger partial charge on any atom is -0.497 e. The van der Waals surface area contributed by atoms with Crippen molar-refractivity contribution in [1.29, 1.82) is 0 Å². The molecular formula is C22H22N2O4S2. The van der Waals surface area contributed by atoms with Gasteiger partial charge < -0.3 is 14.8 Å². The molecule has 0 radical (unpaired) electrons. The van der Waals surface area contributed by atoms with Crippen LogP contribution < -0.4 is 14.8 Å². The summed E-state index contributed by atoms with van der Waals surface area (Å²) in [4.78, 5) is 26.7. The number of nitrogens with one attached hydrogen (secondary N) is 1. The lowest BCUT2D eigenvalue weighted by Gasteiger charge is -2.15. The summed E-state index contributed by atoms with van der Waals surface area (Å²) in [5.74, 6) is 1.15. The second kappa shape index (κ2) is 10.8. The second-order valence-corrected chi connectivity index (χ2v) is 8.05. The van der Waals surface area contributed by atoms with Gasteiger partial charge in [-0.1, -0.05) is 54.3 Å². The van der Waals surface area contributed by atoms with Crippen LogP contribution in [0.5, 0.6) is 11.5 Å². The number of nitrogens with zero attached hydrogens (tertiary/aromatic N) is 1. The molecule has 0 aromatic heterocycles. The van der Waals surface area contributed by atoms with Gasteiger partial charge in [-0.05, 0) is 35.9 Å². The maximum Gasteiger partial charge on any atom is 0.266 e. The number of carbonyl (C=O) groups excluding carboxylic acids is 2. The lowest BCUT2D eigenvalue weighted by atomic mass is 10.2. The highest BCUT2D eigenvalue weighted by molar-refractivity contribution is 8.26. The third-order valence-electron chi connectivity index (χ3n) is 4.26. The fourth-order valence-corrected chi connectivity index (χ4v) is 4.06. The number of thioether (sulfide) groups is 1. The highest BCUT2D eigenvalue weighted by atomic mass is 32.2.